The van der Waals surface area contributed by atoms with Gasteiger partial charge in [-0.15, -0.1) is 10.2 Å². The van der Waals surface area contributed by atoms with Crippen LogP contribution in [0.2, 0.25) is 0 Å². The van der Waals surface area contributed by atoms with Crippen molar-refractivity contribution in [1.29, 1.82) is 0 Å². The highest BCUT2D eigenvalue weighted by Gasteiger charge is 2.13. The van der Waals surface area contributed by atoms with Crippen LogP contribution in [0, 0.1) is 0 Å². The van der Waals surface area contributed by atoms with Gasteiger partial charge in [0.15, 0.2) is 11.6 Å². The van der Waals surface area contributed by atoms with Crippen LogP contribution in [0.4, 0.5) is 8.78 Å². The number of alkyl halides is 2. The Morgan fingerprint density at radius 3 is 2.67 bits per heavy atom. The number of hydrogen-bond acceptors (Lipinski definition) is 3. The van der Waals surface area contributed by atoms with Gasteiger partial charge in [-0.2, -0.15) is 0 Å². The third-order valence-corrected chi connectivity index (χ3v) is 2.12. The quantitative estimate of drug-likeness (QED) is 0.916. The molecule has 0 atom stereocenters. The molecule has 0 radical (unpaired) electrons. The zero-order valence-corrected chi connectivity index (χ0v) is 8.87. The van der Waals surface area contributed by atoms with E-state index in [2.05, 4.69) is 36.1 Å². The molecule has 0 aliphatic heterocycles. The van der Waals surface area contributed by atoms with Crippen LogP contribution in [-0.4, -0.2) is 20.2 Å². The van der Waals surface area contributed by atoms with E-state index in [1.807, 2.05) is 0 Å². The number of halogens is 3. The molecule has 7 heteroatoms. The molecule has 0 aromatic carbocycles. The molecule has 0 aliphatic rings. The first kappa shape index (κ1) is 10.2. The van der Waals surface area contributed by atoms with Crippen molar-refractivity contribution in [2.75, 3.05) is 0 Å². The van der Waals surface area contributed by atoms with Gasteiger partial charge < -0.3 is 4.98 Å². The lowest BCUT2D eigenvalue weighted by Gasteiger charge is -1.95. The Bertz CT molecular complexity index is 471. The first-order valence-electron chi connectivity index (χ1n) is 3.98. The van der Waals surface area contributed by atoms with Crippen molar-refractivity contribution in [3.8, 4) is 11.4 Å². The number of hydrogen-bond donors (Lipinski definition) is 1. The molecule has 78 valence electrons. The average molecular weight is 275 g/mol. The van der Waals surface area contributed by atoms with Gasteiger partial charge in [0.1, 0.15) is 0 Å². The Labute approximate surface area is 91.9 Å². The minimum Gasteiger partial charge on any atom is -0.320 e. The third kappa shape index (κ3) is 2.17. The average Bonchev–Trinajstić information content (AvgIpc) is 2.66. The number of aromatic nitrogens is 4. The van der Waals surface area contributed by atoms with E-state index in [0.717, 1.165) is 4.47 Å². The highest BCUT2D eigenvalue weighted by atomic mass is 79.9. The van der Waals surface area contributed by atoms with Gasteiger partial charge in [-0.05, 0) is 22.0 Å². The van der Waals surface area contributed by atoms with Crippen molar-refractivity contribution >= 4 is 15.9 Å². The van der Waals surface area contributed by atoms with Gasteiger partial charge in [0.25, 0.3) is 6.43 Å². The monoisotopic (exact) mass is 274 g/mol. The molecule has 0 unspecified atom stereocenters. The second-order valence-electron chi connectivity index (χ2n) is 2.75. The molecule has 1 N–H and O–H groups in total. The van der Waals surface area contributed by atoms with E-state index in [4.69, 9.17) is 0 Å². The lowest BCUT2D eigenvalue weighted by Crippen LogP contribution is -1.86. The minimum absolute atomic E-state index is 0.277. The summed E-state index contributed by atoms with van der Waals surface area (Å²) in [5.74, 6) is -0.163. The van der Waals surface area contributed by atoms with Crippen molar-refractivity contribution in [3.63, 3.8) is 0 Å². The van der Waals surface area contributed by atoms with E-state index >= 15 is 0 Å². The maximum Gasteiger partial charge on any atom is 0.297 e. The molecule has 0 saturated heterocycles. The minimum atomic E-state index is -2.65. The number of aromatic amines is 1. The van der Waals surface area contributed by atoms with Gasteiger partial charge in [0, 0.05) is 22.4 Å². The predicted molar refractivity (Wildman–Crippen MR) is 52.3 cm³/mol. The Balaban J connectivity index is 2.37. The number of nitrogens with zero attached hydrogens (tertiary/aromatic N) is 3. The van der Waals surface area contributed by atoms with Crippen LogP contribution in [-0.2, 0) is 0 Å². The molecule has 2 aromatic rings. The summed E-state index contributed by atoms with van der Waals surface area (Å²) in [6.45, 7) is 0. The van der Waals surface area contributed by atoms with E-state index in [9.17, 15) is 8.78 Å². The predicted octanol–water partition coefficient (Wildman–Crippen LogP) is 2.57. The first-order valence-corrected chi connectivity index (χ1v) is 4.78. The third-order valence-electron chi connectivity index (χ3n) is 1.69. The second-order valence-corrected chi connectivity index (χ2v) is 3.67. The highest BCUT2D eigenvalue weighted by molar-refractivity contribution is 9.10. The Hall–Kier alpha value is -1.37. The van der Waals surface area contributed by atoms with E-state index in [1.54, 1.807) is 12.3 Å². The summed E-state index contributed by atoms with van der Waals surface area (Å²) in [5, 5.41) is 6.93. The zero-order chi connectivity index (χ0) is 10.8. The summed E-state index contributed by atoms with van der Waals surface area (Å²) in [7, 11) is 0. The second kappa shape index (κ2) is 4.01. The maximum atomic E-state index is 12.2. The van der Waals surface area contributed by atoms with E-state index < -0.39 is 12.2 Å². The van der Waals surface area contributed by atoms with Crippen molar-refractivity contribution in [2.24, 2.45) is 0 Å². The van der Waals surface area contributed by atoms with Crippen LogP contribution < -0.4 is 0 Å². The lowest BCUT2D eigenvalue weighted by atomic mass is 10.3. The maximum absolute atomic E-state index is 12.2. The first-order chi connectivity index (χ1) is 7.16. The van der Waals surface area contributed by atoms with Crippen LogP contribution in [0.1, 0.15) is 12.2 Å². The number of nitrogens with one attached hydrogen (secondary N) is 1. The molecule has 2 rings (SSSR count). The molecule has 15 heavy (non-hydrogen) atoms. The molecule has 4 nitrogen and oxygen atoms in total. The molecule has 2 heterocycles. The Kier molecular flexibility index (Phi) is 2.72. The van der Waals surface area contributed by atoms with Gasteiger partial charge in [0.05, 0.1) is 0 Å². The summed E-state index contributed by atoms with van der Waals surface area (Å²) < 4.78 is 25.2. The summed E-state index contributed by atoms with van der Waals surface area (Å²) in [6, 6.07) is 1.71. The van der Waals surface area contributed by atoms with Gasteiger partial charge in [-0.3, -0.25) is 4.98 Å². The topological polar surface area (TPSA) is 54.5 Å². The molecule has 0 saturated carbocycles. The van der Waals surface area contributed by atoms with Crippen molar-refractivity contribution in [2.45, 2.75) is 6.43 Å². The number of pyridine rings is 1. The van der Waals surface area contributed by atoms with Crippen LogP contribution in [0.15, 0.2) is 22.9 Å². The van der Waals surface area contributed by atoms with Gasteiger partial charge in [0.2, 0.25) is 0 Å². The molecule has 2 aromatic heterocycles. The summed E-state index contributed by atoms with van der Waals surface area (Å²) in [4.78, 5) is 6.32. The SMILES string of the molecule is FC(F)c1nnc(-c2cncc(Br)c2)[nH]1. The van der Waals surface area contributed by atoms with Crippen molar-refractivity contribution in [1.82, 2.24) is 20.2 Å². The van der Waals surface area contributed by atoms with Gasteiger partial charge in [-0.1, -0.05) is 0 Å². The Morgan fingerprint density at radius 1 is 1.27 bits per heavy atom. The van der Waals surface area contributed by atoms with Crippen LogP contribution in [0.25, 0.3) is 11.4 Å². The fourth-order valence-corrected chi connectivity index (χ4v) is 1.41. The number of H-pyrrole nitrogens is 1. The zero-order valence-electron chi connectivity index (χ0n) is 7.28. The van der Waals surface area contributed by atoms with E-state index in [0.29, 0.717) is 5.56 Å². The lowest BCUT2D eigenvalue weighted by molar-refractivity contribution is 0.141. The summed E-state index contributed by atoms with van der Waals surface area (Å²) >= 11 is 3.22. The van der Waals surface area contributed by atoms with E-state index in [1.165, 1.54) is 6.20 Å². The fourth-order valence-electron chi connectivity index (χ4n) is 1.04. The molecule has 0 spiro atoms. The molecular weight excluding hydrogens is 270 g/mol. The summed E-state index contributed by atoms with van der Waals surface area (Å²) in [6.07, 6.45) is 0.459. The number of rotatable bonds is 2. The fraction of sp³-hybridized carbons (Fsp3) is 0.125. The molecular formula is C8H5BrF2N4. The van der Waals surface area contributed by atoms with Crippen LogP contribution in [0.5, 0.6) is 0 Å². The molecule has 0 fully saturated rings. The normalized spacial score (nSPS) is 10.9. The summed E-state index contributed by atoms with van der Waals surface area (Å²) in [5.41, 5.74) is 0.601. The van der Waals surface area contributed by atoms with Gasteiger partial charge >= 0.3 is 0 Å². The molecule has 0 bridgehead atoms. The van der Waals surface area contributed by atoms with Crippen LogP contribution >= 0.6 is 15.9 Å². The van der Waals surface area contributed by atoms with Crippen molar-refractivity contribution in [3.05, 3.63) is 28.8 Å². The highest BCUT2D eigenvalue weighted by Crippen LogP contribution is 2.20. The van der Waals surface area contributed by atoms with Crippen molar-refractivity contribution < 1.29 is 8.78 Å². The Morgan fingerprint density at radius 2 is 2.07 bits per heavy atom. The van der Waals surface area contributed by atoms with Crippen LogP contribution in [0.3, 0.4) is 0 Å². The standard InChI is InChI=1S/C8H5BrF2N4/c9-5-1-4(2-12-3-5)7-13-8(6(10)11)15-14-7/h1-3,6H,(H,13,14,15). The molecule has 0 aliphatic carbocycles. The smallest absolute Gasteiger partial charge is 0.297 e. The molecule has 0 amide bonds. The largest absolute Gasteiger partial charge is 0.320 e. The van der Waals surface area contributed by atoms with Gasteiger partial charge in [-0.25, -0.2) is 8.78 Å². The van der Waals surface area contributed by atoms with E-state index in [-0.39, 0.29) is 5.82 Å².